The number of nitrogens with zero attached hydrogens (tertiary/aromatic N) is 1. The molecular formula is C19H18F3NO. The molecule has 0 aliphatic rings. The molecule has 0 atom stereocenters. The molecule has 1 aromatic heterocycles. The highest BCUT2D eigenvalue weighted by molar-refractivity contribution is 5.76. The highest BCUT2D eigenvalue weighted by atomic mass is 19.4. The van der Waals surface area contributed by atoms with E-state index in [4.69, 9.17) is 4.42 Å². The first-order chi connectivity index (χ1) is 11.3. The molecule has 2 nitrogen and oxygen atoms in total. The number of hydrogen-bond acceptors (Lipinski definition) is 2. The van der Waals surface area contributed by atoms with E-state index in [0.717, 1.165) is 11.9 Å². The van der Waals surface area contributed by atoms with E-state index in [-0.39, 0.29) is 5.56 Å². The number of alkyl halides is 3. The van der Waals surface area contributed by atoms with E-state index < -0.39 is 12.6 Å². The van der Waals surface area contributed by atoms with Gasteiger partial charge in [0.1, 0.15) is 5.52 Å². The first-order valence-electron chi connectivity index (χ1n) is 7.86. The zero-order chi connectivity index (χ0) is 17.3. The SMILES string of the molecule is CC(C)Cc1ccc2nc(-c3ccc(CC(F)(F)F)cc3)oc2c1. The average Bonchev–Trinajstić information content (AvgIpc) is 2.88. The molecule has 0 amide bonds. The van der Waals surface area contributed by atoms with Gasteiger partial charge in [-0.25, -0.2) is 4.98 Å². The van der Waals surface area contributed by atoms with E-state index in [9.17, 15) is 13.2 Å². The van der Waals surface area contributed by atoms with Crippen molar-refractivity contribution in [3.8, 4) is 11.5 Å². The maximum atomic E-state index is 12.4. The molecule has 0 spiro atoms. The Morgan fingerprint density at radius 2 is 1.67 bits per heavy atom. The average molecular weight is 333 g/mol. The van der Waals surface area contributed by atoms with Crippen LogP contribution in [0.4, 0.5) is 13.2 Å². The van der Waals surface area contributed by atoms with Crippen molar-refractivity contribution in [1.82, 2.24) is 4.98 Å². The second kappa shape index (κ2) is 6.30. The van der Waals surface area contributed by atoms with Crippen molar-refractivity contribution >= 4 is 11.1 Å². The summed E-state index contributed by atoms with van der Waals surface area (Å²) >= 11 is 0. The summed E-state index contributed by atoms with van der Waals surface area (Å²) in [6.45, 7) is 4.30. The van der Waals surface area contributed by atoms with Gasteiger partial charge in [-0.15, -0.1) is 0 Å². The second-order valence-corrected chi connectivity index (χ2v) is 6.41. The van der Waals surface area contributed by atoms with Gasteiger partial charge in [-0.2, -0.15) is 13.2 Å². The number of aromatic nitrogens is 1. The summed E-state index contributed by atoms with van der Waals surface area (Å²) in [7, 11) is 0. The van der Waals surface area contributed by atoms with E-state index in [0.29, 0.717) is 23.0 Å². The second-order valence-electron chi connectivity index (χ2n) is 6.41. The number of rotatable bonds is 4. The Morgan fingerprint density at radius 3 is 2.29 bits per heavy atom. The van der Waals surface area contributed by atoms with Crippen molar-refractivity contribution in [1.29, 1.82) is 0 Å². The maximum Gasteiger partial charge on any atom is 0.393 e. The van der Waals surface area contributed by atoms with Gasteiger partial charge >= 0.3 is 6.18 Å². The van der Waals surface area contributed by atoms with Crippen LogP contribution in [0.25, 0.3) is 22.6 Å². The van der Waals surface area contributed by atoms with Gasteiger partial charge in [0.15, 0.2) is 5.58 Å². The van der Waals surface area contributed by atoms with Gasteiger partial charge in [0, 0.05) is 5.56 Å². The molecule has 126 valence electrons. The van der Waals surface area contributed by atoms with Gasteiger partial charge in [-0.1, -0.05) is 32.0 Å². The smallest absolute Gasteiger partial charge is 0.393 e. The predicted octanol–water partition coefficient (Wildman–Crippen LogP) is 5.80. The number of benzene rings is 2. The Balaban J connectivity index is 1.86. The fourth-order valence-electron chi connectivity index (χ4n) is 2.69. The molecule has 0 saturated carbocycles. The summed E-state index contributed by atoms with van der Waals surface area (Å²) in [6, 6.07) is 12.1. The van der Waals surface area contributed by atoms with Crippen LogP contribution in [-0.2, 0) is 12.8 Å². The first kappa shape index (κ1) is 16.6. The third-order valence-corrected chi connectivity index (χ3v) is 3.70. The minimum atomic E-state index is -4.20. The lowest BCUT2D eigenvalue weighted by molar-refractivity contribution is -0.127. The van der Waals surface area contributed by atoms with E-state index >= 15 is 0 Å². The molecule has 0 N–H and O–H groups in total. The summed E-state index contributed by atoms with van der Waals surface area (Å²) in [6.07, 6.45) is -4.18. The highest BCUT2D eigenvalue weighted by Crippen LogP contribution is 2.27. The molecule has 5 heteroatoms. The standard InChI is InChI=1S/C19H18F3NO/c1-12(2)9-14-5-8-16-17(10-14)24-18(23-16)15-6-3-13(4-7-15)11-19(20,21)22/h3-8,10,12H,9,11H2,1-2H3. The zero-order valence-corrected chi connectivity index (χ0v) is 13.5. The number of oxazole rings is 1. The molecule has 0 aliphatic heterocycles. The Kier molecular flexibility index (Phi) is 4.35. The van der Waals surface area contributed by atoms with Crippen LogP contribution in [0.5, 0.6) is 0 Å². The molecule has 3 aromatic rings. The monoisotopic (exact) mass is 333 g/mol. The van der Waals surface area contributed by atoms with Crippen LogP contribution >= 0.6 is 0 Å². The number of halogens is 3. The van der Waals surface area contributed by atoms with Crippen LogP contribution in [-0.4, -0.2) is 11.2 Å². The maximum absolute atomic E-state index is 12.4. The van der Waals surface area contributed by atoms with E-state index in [2.05, 4.69) is 18.8 Å². The molecule has 3 rings (SSSR count). The van der Waals surface area contributed by atoms with Crippen molar-refractivity contribution in [2.24, 2.45) is 5.92 Å². The molecular weight excluding hydrogens is 315 g/mol. The fourth-order valence-corrected chi connectivity index (χ4v) is 2.69. The van der Waals surface area contributed by atoms with E-state index in [1.165, 1.54) is 17.7 Å². The van der Waals surface area contributed by atoms with E-state index in [1.54, 1.807) is 12.1 Å². The lowest BCUT2D eigenvalue weighted by atomic mass is 10.0. The van der Waals surface area contributed by atoms with Crippen molar-refractivity contribution in [2.75, 3.05) is 0 Å². The van der Waals surface area contributed by atoms with Crippen LogP contribution < -0.4 is 0 Å². The van der Waals surface area contributed by atoms with Crippen LogP contribution in [0.1, 0.15) is 25.0 Å². The number of fused-ring (bicyclic) bond motifs is 1. The Labute approximate surface area is 138 Å². The zero-order valence-electron chi connectivity index (χ0n) is 13.5. The van der Waals surface area contributed by atoms with Crippen LogP contribution in [0, 0.1) is 5.92 Å². The van der Waals surface area contributed by atoms with Gasteiger partial charge in [-0.3, -0.25) is 0 Å². The largest absolute Gasteiger partial charge is 0.436 e. The normalized spacial score (nSPS) is 12.2. The Bertz CT molecular complexity index is 832. The van der Waals surface area contributed by atoms with Crippen molar-refractivity contribution in [3.63, 3.8) is 0 Å². The third kappa shape index (κ3) is 3.96. The van der Waals surface area contributed by atoms with Gasteiger partial charge in [-0.05, 0) is 47.7 Å². The number of hydrogen-bond donors (Lipinski definition) is 0. The summed E-state index contributed by atoms with van der Waals surface area (Å²) in [5, 5.41) is 0. The minimum absolute atomic E-state index is 0.224. The molecule has 24 heavy (non-hydrogen) atoms. The fraction of sp³-hybridized carbons (Fsp3) is 0.316. The lowest BCUT2D eigenvalue weighted by Crippen LogP contribution is -2.11. The molecule has 0 bridgehead atoms. The minimum Gasteiger partial charge on any atom is -0.436 e. The third-order valence-electron chi connectivity index (χ3n) is 3.70. The van der Waals surface area contributed by atoms with Gasteiger partial charge in [0.25, 0.3) is 0 Å². The molecule has 1 heterocycles. The van der Waals surface area contributed by atoms with Crippen molar-refractivity contribution < 1.29 is 17.6 Å². The quantitative estimate of drug-likeness (QED) is 0.603. The predicted molar refractivity (Wildman–Crippen MR) is 87.7 cm³/mol. The molecule has 0 aliphatic carbocycles. The van der Waals surface area contributed by atoms with Gasteiger partial charge in [0.2, 0.25) is 5.89 Å². The molecule has 0 radical (unpaired) electrons. The lowest BCUT2D eigenvalue weighted by Gasteiger charge is -2.06. The van der Waals surface area contributed by atoms with Gasteiger partial charge < -0.3 is 4.42 Å². The van der Waals surface area contributed by atoms with Crippen LogP contribution in [0.3, 0.4) is 0 Å². The molecule has 2 aromatic carbocycles. The molecule has 0 saturated heterocycles. The van der Waals surface area contributed by atoms with Crippen LogP contribution in [0.15, 0.2) is 46.9 Å². The first-order valence-corrected chi connectivity index (χ1v) is 7.86. The summed E-state index contributed by atoms with van der Waals surface area (Å²) in [4.78, 5) is 4.42. The van der Waals surface area contributed by atoms with E-state index in [1.807, 2.05) is 18.2 Å². The van der Waals surface area contributed by atoms with Crippen molar-refractivity contribution in [2.45, 2.75) is 32.9 Å². The summed E-state index contributed by atoms with van der Waals surface area (Å²) in [5.41, 5.74) is 3.52. The Morgan fingerprint density at radius 1 is 1.00 bits per heavy atom. The topological polar surface area (TPSA) is 26.0 Å². The molecule has 0 unspecified atom stereocenters. The summed E-state index contributed by atoms with van der Waals surface area (Å²) < 4.78 is 43.0. The van der Waals surface area contributed by atoms with Crippen molar-refractivity contribution in [3.05, 3.63) is 53.6 Å². The van der Waals surface area contributed by atoms with Gasteiger partial charge in [0.05, 0.1) is 6.42 Å². The Hall–Kier alpha value is -2.30. The van der Waals surface area contributed by atoms with Crippen LogP contribution in [0.2, 0.25) is 0 Å². The summed E-state index contributed by atoms with van der Waals surface area (Å²) in [5.74, 6) is 0.969. The highest BCUT2D eigenvalue weighted by Gasteiger charge is 2.27. The molecule has 0 fully saturated rings.